The molecule has 2 aliphatic rings. The molecule has 36 heavy (non-hydrogen) atoms. The number of benzene rings is 3. The van der Waals surface area contributed by atoms with Gasteiger partial charge in [-0.3, -0.25) is 9.98 Å². The zero-order valence-electron chi connectivity index (χ0n) is 20.0. The quantitative estimate of drug-likeness (QED) is 0.281. The lowest BCUT2D eigenvalue weighted by atomic mass is 10.1. The first-order valence-corrected chi connectivity index (χ1v) is 11.6. The van der Waals surface area contributed by atoms with E-state index in [1.165, 1.54) is 12.1 Å². The zero-order chi connectivity index (χ0) is 25.4. The van der Waals surface area contributed by atoms with Gasteiger partial charge >= 0.3 is 6.18 Å². The number of nitrogens with one attached hydrogen (secondary N) is 1. The van der Waals surface area contributed by atoms with Crippen molar-refractivity contribution in [2.24, 2.45) is 4.99 Å². The normalized spacial score (nSPS) is 12.6. The maximum Gasteiger partial charge on any atom is 0.416 e. The lowest BCUT2D eigenvalue weighted by Gasteiger charge is -2.21. The molecule has 8 heteroatoms. The van der Waals surface area contributed by atoms with E-state index >= 15 is 0 Å². The highest BCUT2D eigenvalue weighted by atomic mass is 19.4. The topological polar surface area (TPSA) is 55.1 Å². The number of pyridine rings is 1. The van der Waals surface area contributed by atoms with E-state index in [2.05, 4.69) is 10.3 Å². The van der Waals surface area contributed by atoms with Gasteiger partial charge < -0.3 is 9.88 Å². The molecule has 2 aromatic carbocycles. The van der Waals surface area contributed by atoms with E-state index < -0.39 is 11.7 Å². The standard InChI is InChI=1S/C28H24F3N5/c1-17(2)33-24-16-27-25(15-23(24)34-21-8-6-14-32-18(21)3)35-22-7-4-5-9-26(22)36(27)20-12-10-19(11-13-20)28(29,30)31/h4-17,34H,1-3H3/b33-24+. The van der Waals surface area contributed by atoms with Gasteiger partial charge in [0, 0.05) is 17.9 Å². The lowest BCUT2D eigenvalue weighted by molar-refractivity contribution is -0.137. The van der Waals surface area contributed by atoms with Gasteiger partial charge in [0.25, 0.3) is 0 Å². The third-order valence-electron chi connectivity index (χ3n) is 5.82. The summed E-state index contributed by atoms with van der Waals surface area (Å²) < 4.78 is 41.6. The van der Waals surface area contributed by atoms with Crippen molar-refractivity contribution in [2.45, 2.75) is 33.0 Å². The zero-order valence-corrected chi connectivity index (χ0v) is 20.0. The molecule has 0 saturated carbocycles. The molecular formula is C28H24F3N5. The number of anilines is 2. The molecule has 182 valence electrons. The van der Waals surface area contributed by atoms with Gasteiger partial charge in [-0.15, -0.1) is 0 Å². The molecule has 1 N–H and O–H groups in total. The first-order chi connectivity index (χ1) is 17.2. The Labute approximate surface area is 206 Å². The Bertz CT molecular complexity index is 1580. The predicted molar refractivity (Wildman–Crippen MR) is 136 cm³/mol. The highest BCUT2D eigenvalue weighted by Crippen LogP contribution is 2.33. The Hall–Kier alpha value is -4.20. The maximum absolute atomic E-state index is 13.2. The van der Waals surface area contributed by atoms with Crippen LogP contribution in [0.4, 0.5) is 24.5 Å². The van der Waals surface area contributed by atoms with Gasteiger partial charge in [-0.05, 0) is 81.4 Å². The van der Waals surface area contributed by atoms with E-state index in [0.717, 1.165) is 51.3 Å². The van der Waals surface area contributed by atoms with Crippen molar-refractivity contribution in [3.63, 3.8) is 0 Å². The number of alkyl halides is 3. The monoisotopic (exact) mass is 487 g/mol. The molecule has 1 aliphatic heterocycles. The Morgan fingerprint density at radius 3 is 2.36 bits per heavy atom. The highest BCUT2D eigenvalue weighted by molar-refractivity contribution is 5.84. The molecule has 0 spiro atoms. The number of para-hydroxylation sites is 2. The van der Waals surface area contributed by atoms with Gasteiger partial charge in [0.1, 0.15) is 0 Å². The summed E-state index contributed by atoms with van der Waals surface area (Å²) in [4.78, 5) is 14.0. The molecule has 1 aliphatic carbocycles. The Balaban J connectivity index is 1.79. The van der Waals surface area contributed by atoms with E-state index in [1.54, 1.807) is 6.20 Å². The minimum absolute atomic E-state index is 0.0194. The average Bonchev–Trinajstić information content (AvgIpc) is 2.84. The van der Waals surface area contributed by atoms with Crippen LogP contribution in [0.25, 0.3) is 28.1 Å². The van der Waals surface area contributed by atoms with Crippen molar-refractivity contribution in [1.82, 2.24) is 14.5 Å². The Morgan fingerprint density at radius 1 is 0.917 bits per heavy atom. The summed E-state index contributed by atoms with van der Waals surface area (Å²) in [5.74, 6) is 0. The number of fused-ring (bicyclic) bond motifs is 2. The summed E-state index contributed by atoms with van der Waals surface area (Å²) in [5, 5.41) is 4.16. The van der Waals surface area contributed by atoms with Crippen LogP contribution in [-0.4, -0.2) is 20.6 Å². The molecule has 0 fully saturated rings. The van der Waals surface area contributed by atoms with Crippen LogP contribution in [0.15, 0.2) is 84.0 Å². The Kier molecular flexibility index (Phi) is 5.96. The second-order valence-corrected chi connectivity index (χ2v) is 8.82. The molecule has 5 rings (SSSR count). The third-order valence-corrected chi connectivity index (χ3v) is 5.82. The Morgan fingerprint density at radius 2 is 1.67 bits per heavy atom. The molecule has 0 bridgehead atoms. The second kappa shape index (κ2) is 9.11. The van der Waals surface area contributed by atoms with E-state index in [-0.39, 0.29) is 6.04 Å². The fourth-order valence-corrected chi connectivity index (χ4v) is 4.17. The number of halogens is 3. The van der Waals surface area contributed by atoms with Crippen molar-refractivity contribution in [3.05, 3.63) is 95.6 Å². The summed E-state index contributed by atoms with van der Waals surface area (Å²) in [7, 11) is 0. The van der Waals surface area contributed by atoms with E-state index in [4.69, 9.17) is 9.98 Å². The van der Waals surface area contributed by atoms with Gasteiger partial charge in [-0.1, -0.05) is 12.1 Å². The van der Waals surface area contributed by atoms with Crippen LogP contribution in [0.2, 0.25) is 0 Å². The van der Waals surface area contributed by atoms with Crippen LogP contribution in [-0.2, 0) is 6.18 Å². The first kappa shape index (κ1) is 23.5. The number of aromatic nitrogens is 3. The maximum atomic E-state index is 13.2. The average molecular weight is 488 g/mol. The molecule has 2 heterocycles. The second-order valence-electron chi connectivity index (χ2n) is 8.82. The molecule has 3 aromatic rings. The fourth-order valence-electron chi connectivity index (χ4n) is 4.17. The van der Waals surface area contributed by atoms with Crippen molar-refractivity contribution in [3.8, 4) is 17.1 Å². The molecule has 1 aromatic heterocycles. The number of nitrogens with zero attached hydrogens (tertiary/aromatic N) is 4. The van der Waals surface area contributed by atoms with Gasteiger partial charge in [-0.25, -0.2) is 4.98 Å². The van der Waals surface area contributed by atoms with Crippen LogP contribution in [0.3, 0.4) is 0 Å². The van der Waals surface area contributed by atoms with Crippen LogP contribution in [0.5, 0.6) is 0 Å². The van der Waals surface area contributed by atoms with Crippen molar-refractivity contribution >= 4 is 22.4 Å². The van der Waals surface area contributed by atoms with Gasteiger partial charge in [0.2, 0.25) is 0 Å². The van der Waals surface area contributed by atoms with Crippen LogP contribution >= 0.6 is 0 Å². The highest BCUT2D eigenvalue weighted by Gasteiger charge is 2.30. The van der Waals surface area contributed by atoms with Crippen LogP contribution in [0, 0.1) is 6.92 Å². The summed E-state index contributed by atoms with van der Waals surface area (Å²) in [6, 6.07) is 20.4. The molecular weight excluding hydrogens is 463 g/mol. The minimum Gasteiger partial charge on any atom is -0.352 e. The first-order valence-electron chi connectivity index (χ1n) is 11.6. The van der Waals surface area contributed by atoms with Gasteiger partial charge in [0.05, 0.1) is 50.4 Å². The van der Waals surface area contributed by atoms with Crippen LogP contribution < -0.4 is 10.7 Å². The summed E-state index contributed by atoms with van der Waals surface area (Å²) in [6.45, 7) is 5.91. The molecule has 0 saturated heterocycles. The molecule has 0 radical (unpaired) electrons. The largest absolute Gasteiger partial charge is 0.416 e. The van der Waals surface area contributed by atoms with E-state index in [9.17, 15) is 13.2 Å². The number of aryl methyl sites for hydroxylation is 1. The van der Waals surface area contributed by atoms with Crippen LogP contribution in [0.1, 0.15) is 25.1 Å². The lowest BCUT2D eigenvalue weighted by Crippen LogP contribution is -2.17. The smallest absolute Gasteiger partial charge is 0.352 e. The number of rotatable bonds is 4. The minimum atomic E-state index is -4.40. The van der Waals surface area contributed by atoms with E-state index in [1.807, 2.05) is 73.9 Å². The molecule has 5 nitrogen and oxygen atoms in total. The third kappa shape index (κ3) is 4.54. The number of hydrogen-bond donors (Lipinski definition) is 1. The summed E-state index contributed by atoms with van der Waals surface area (Å²) in [5.41, 5.74) is 5.31. The van der Waals surface area contributed by atoms with Gasteiger partial charge in [0.15, 0.2) is 0 Å². The predicted octanol–water partition coefficient (Wildman–Crippen LogP) is 6.91. The SMILES string of the molecule is Cc1ncccc1Nc1cc2nc3ccccc3n(-c3ccc(C(F)(F)F)cc3)c-2c/c1=N\C(C)C. The number of hydrogen-bond acceptors (Lipinski definition) is 4. The van der Waals surface area contributed by atoms with E-state index in [0.29, 0.717) is 11.4 Å². The summed E-state index contributed by atoms with van der Waals surface area (Å²) in [6.07, 6.45) is -2.67. The fraction of sp³-hybridized carbons (Fsp3) is 0.179. The van der Waals surface area contributed by atoms with Crippen molar-refractivity contribution in [1.29, 1.82) is 0 Å². The van der Waals surface area contributed by atoms with Gasteiger partial charge in [-0.2, -0.15) is 13.2 Å². The molecule has 0 unspecified atom stereocenters. The summed E-state index contributed by atoms with van der Waals surface area (Å²) >= 11 is 0. The molecule has 0 atom stereocenters. The van der Waals surface area contributed by atoms with Crippen molar-refractivity contribution < 1.29 is 13.2 Å². The molecule has 0 amide bonds. The van der Waals surface area contributed by atoms with Crippen molar-refractivity contribution in [2.75, 3.05) is 5.32 Å².